The van der Waals surface area contributed by atoms with E-state index in [0.29, 0.717) is 17.2 Å². The first-order chi connectivity index (χ1) is 18.9. The molecule has 0 aromatic heterocycles. The number of rotatable bonds is 6. The predicted molar refractivity (Wildman–Crippen MR) is 146 cm³/mol. The second-order valence-electron chi connectivity index (χ2n) is 9.95. The second kappa shape index (κ2) is 8.68. The van der Waals surface area contributed by atoms with E-state index < -0.39 is 11.7 Å². The highest BCUT2D eigenvalue weighted by atomic mass is 19.4. The molecular weight excluding hydrogens is 503 g/mol. The zero-order chi connectivity index (χ0) is 26.9. The fourth-order valence-corrected chi connectivity index (χ4v) is 6.29. The van der Waals surface area contributed by atoms with Gasteiger partial charge in [-0.1, -0.05) is 18.2 Å². The van der Waals surface area contributed by atoms with Crippen molar-refractivity contribution in [3.05, 3.63) is 95.1 Å². The van der Waals surface area contributed by atoms with Gasteiger partial charge in [-0.15, -0.1) is 0 Å². The summed E-state index contributed by atoms with van der Waals surface area (Å²) >= 11 is 0. The Hall–Kier alpha value is -4.17. The standard InChI is InChI=1S/C31H26F3N3O2/c1-35-15-6-16-36-19-7-3-9-21-27(19)30-28-20(36)8-4-11-25(28)39-26-12-5-10-22(29(26)30)37(21)23-17-18(31(32,33)34)13-14-24(23)38-2/h3-5,7-14,17,30,35H,6,15-16H2,1-2H3. The summed E-state index contributed by atoms with van der Waals surface area (Å²) in [6.07, 6.45) is -3.57. The zero-order valence-electron chi connectivity index (χ0n) is 21.5. The Morgan fingerprint density at radius 1 is 0.821 bits per heavy atom. The van der Waals surface area contributed by atoms with E-state index >= 15 is 0 Å². The highest BCUT2D eigenvalue weighted by Gasteiger charge is 2.46. The molecule has 198 valence electrons. The van der Waals surface area contributed by atoms with Crippen molar-refractivity contribution >= 4 is 28.4 Å². The van der Waals surface area contributed by atoms with Gasteiger partial charge in [0.25, 0.3) is 0 Å². The minimum absolute atomic E-state index is 0.101. The van der Waals surface area contributed by atoms with Crippen LogP contribution in [0, 0.1) is 0 Å². The molecule has 0 radical (unpaired) electrons. The third-order valence-corrected chi connectivity index (χ3v) is 7.85. The van der Waals surface area contributed by atoms with Crippen molar-refractivity contribution in [1.82, 2.24) is 5.32 Å². The zero-order valence-corrected chi connectivity index (χ0v) is 21.5. The molecule has 5 nitrogen and oxygen atoms in total. The van der Waals surface area contributed by atoms with E-state index in [-0.39, 0.29) is 5.92 Å². The Kier molecular flexibility index (Phi) is 5.32. The summed E-state index contributed by atoms with van der Waals surface area (Å²) < 4.78 is 53.8. The normalized spacial score (nSPS) is 16.1. The first-order valence-corrected chi connectivity index (χ1v) is 13.0. The minimum Gasteiger partial charge on any atom is -0.495 e. The number of anilines is 5. The van der Waals surface area contributed by atoms with Gasteiger partial charge in [0, 0.05) is 40.5 Å². The highest BCUT2D eigenvalue weighted by Crippen LogP contribution is 2.65. The number of benzene rings is 4. The molecule has 4 aromatic carbocycles. The monoisotopic (exact) mass is 529 g/mol. The second-order valence-corrected chi connectivity index (χ2v) is 9.95. The smallest absolute Gasteiger partial charge is 0.416 e. The largest absolute Gasteiger partial charge is 0.495 e. The molecule has 0 bridgehead atoms. The van der Waals surface area contributed by atoms with Crippen molar-refractivity contribution in [1.29, 1.82) is 0 Å². The van der Waals surface area contributed by atoms with Crippen LogP contribution < -0.4 is 24.6 Å². The Labute approximate surface area is 224 Å². The van der Waals surface area contributed by atoms with Gasteiger partial charge in [-0.2, -0.15) is 13.2 Å². The maximum Gasteiger partial charge on any atom is 0.416 e. The highest BCUT2D eigenvalue weighted by molar-refractivity contribution is 5.96. The van der Waals surface area contributed by atoms with E-state index in [1.165, 1.54) is 19.2 Å². The third kappa shape index (κ3) is 3.44. The van der Waals surface area contributed by atoms with Gasteiger partial charge in [0.05, 0.1) is 29.7 Å². The van der Waals surface area contributed by atoms with Crippen LogP contribution in [-0.4, -0.2) is 27.2 Å². The van der Waals surface area contributed by atoms with Crippen LogP contribution in [0.25, 0.3) is 0 Å². The fraction of sp³-hybridized carbons (Fsp3) is 0.226. The third-order valence-electron chi connectivity index (χ3n) is 7.85. The average molecular weight is 530 g/mol. The molecule has 7 rings (SSSR count). The summed E-state index contributed by atoms with van der Waals surface area (Å²) in [5.41, 5.74) is 6.48. The van der Waals surface area contributed by atoms with Crippen molar-refractivity contribution in [2.24, 2.45) is 0 Å². The maximum absolute atomic E-state index is 13.9. The van der Waals surface area contributed by atoms with Crippen molar-refractivity contribution in [2.75, 3.05) is 37.0 Å². The van der Waals surface area contributed by atoms with Crippen molar-refractivity contribution < 1.29 is 22.6 Å². The van der Waals surface area contributed by atoms with Crippen molar-refractivity contribution in [3.63, 3.8) is 0 Å². The number of ether oxygens (including phenoxy) is 2. The van der Waals surface area contributed by atoms with Crippen LogP contribution in [0.2, 0.25) is 0 Å². The first-order valence-electron chi connectivity index (χ1n) is 13.0. The summed E-state index contributed by atoms with van der Waals surface area (Å²) in [5, 5.41) is 3.22. The van der Waals surface area contributed by atoms with Crippen LogP contribution in [-0.2, 0) is 6.18 Å². The van der Waals surface area contributed by atoms with E-state index in [4.69, 9.17) is 9.47 Å². The molecule has 8 heteroatoms. The van der Waals surface area contributed by atoms with E-state index in [0.717, 1.165) is 70.8 Å². The summed E-state index contributed by atoms with van der Waals surface area (Å²) in [5.74, 6) is 1.78. The van der Waals surface area contributed by atoms with Gasteiger partial charge in [0.2, 0.25) is 0 Å². The lowest BCUT2D eigenvalue weighted by atomic mass is 9.74. The number of methoxy groups -OCH3 is 1. The van der Waals surface area contributed by atoms with E-state index in [2.05, 4.69) is 22.3 Å². The van der Waals surface area contributed by atoms with Crippen LogP contribution in [0.1, 0.15) is 34.6 Å². The summed E-state index contributed by atoms with van der Waals surface area (Å²) in [6.45, 7) is 1.64. The number of hydrogen-bond acceptors (Lipinski definition) is 5. The van der Waals surface area contributed by atoms with Crippen LogP contribution >= 0.6 is 0 Å². The lowest BCUT2D eigenvalue weighted by molar-refractivity contribution is -0.137. The molecule has 39 heavy (non-hydrogen) atoms. The molecule has 0 saturated heterocycles. The van der Waals surface area contributed by atoms with Gasteiger partial charge in [-0.05, 0) is 74.6 Å². The van der Waals surface area contributed by atoms with Crippen LogP contribution in [0.15, 0.2) is 72.8 Å². The van der Waals surface area contributed by atoms with E-state index in [9.17, 15) is 13.2 Å². The fourth-order valence-electron chi connectivity index (χ4n) is 6.29. The molecule has 3 heterocycles. The maximum atomic E-state index is 13.9. The number of halogens is 3. The average Bonchev–Trinajstić information content (AvgIpc) is 2.94. The Bertz CT molecular complexity index is 1620. The van der Waals surface area contributed by atoms with Crippen LogP contribution in [0.4, 0.5) is 41.6 Å². The van der Waals surface area contributed by atoms with Crippen LogP contribution in [0.3, 0.4) is 0 Å². The molecular formula is C31H26F3N3O2. The number of nitrogens with one attached hydrogen (secondary N) is 1. The van der Waals surface area contributed by atoms with Crippen LogP contribution in [0.5, 0.6) is 17.2 Å². The molecule has 3 aliphatic heterocycles. The number of hydrogen-bond donors (Lipinski definition) is 1. The summed E-state index contributed by atoms with van der Waals surface area (Å²) in [6, 6.07) is 21.6. The lowest BCUT2D eigenvalue weighted by Gasteiger charge is -2.47. The molecule has 1 atom stereocenters. The Balaban J connectivity index is 1.53. The van der Waals surface area contributed by atoms with E-state index in [1.54, 1.807) is 0 Å². The molecule has 0 spiro atoms. The van der Waals surface area contributed by atoms with Gasteiger partial charge in [0.15, 0.2) is 0 Å². The number of nitrogens with zero attached hydrogens (tertiary/aromatic N) is 2. The van der Waals surface area contributed by atoms with Gasteiger partial charge in [0.1, 0.15) is 17.2 Å². The molecule has 1 N–H and O–H groups in total. The van der Waals surface area contributed by atoms with E-state index in [1.807, 2.05) is 54.4 Å². The number of alkyl halides is 3. The molecule has 4 aromatic rings. The Morgan fingerprint density at radius 3 is 2.10 bits per heavy atom. The van der Waals surface area contributed by atoms with Gasteiger partial charge in [-0.25, -0.2) is 0 Å². The van der Waals surface area contributed by atoms with Crippen molar-refractivity contribution in [3.8, 4) is 17.2 Å². The molecule has 0 aliphatic carbocycles. The molecule has 0 amide bonds. The lowest BCUT2D eigenvalue weighted by Crippen LogP contribution is -2.34. The quantitative estimate of drug-likeness (QED) is 0.223. The first kappa shape index (κ1) is 23.9. The molecule has 0 saturated carbocycles. The summed E-state index contributed by atoms with van der Waals surface area (Å²) in [4.78, 5) is 4.21. The van der Waals surface area contributed by atoms with Gasteiger partial charge in [-0.3, -0.25) is 0 Å². The minimum atomic E-state index is -4.49. The SMILES string of the molecule is CNCCCN1c2cccc3c2C2c4c(cccc4N(c4cc(C(F)(F)F)ccc4OC)c4cccc1c42)O3. The molecule has 1 unspecified atom stereocenters. The van der Waals surface area contributed by atoms with Crippen molar-refractivity contribution in [2.45, 2.75) is 18.5 Å². The Morgan fingerprint density at radius 2 is 1.44 bits per heavy atom. The topological polar surface area (TPSA) is 37.0 Å². The molecule has 0 fully saturated rings. The van der Waals surface area contributed by atoms with Gasteiger partial charge < -0.3 is 24.6 Å². The summed E-state index contributed by atoms with van der Waals surface area (Å²) in [7, 11) is 3.42. The van der Waals surface area contributed by atoms with Gasteiger partial charge >= 0.3 is 6.18 Å². The molecule has 3 aliphatic rings. The predicted octanol–water partition coefficient (Wildman–Crippen LogP) is 7.84.